The second-order valence-electron chi connectivity index (χ2n) is 7.50. The molecule has 8 heteroatoms. The number of aliphatic hydroxyl groups excluding tert-OH is 1. The minimum Gasteiger partial charge on any atom is -0.444 e. The number of hydrogen-bond acceptors (Lipinski definition) is 5. The molecule has 0 atom stereocenters. The fourth-order valence-electron chi connectivity index (χ4n) is 3.16. The van der Waals surface area contributed by atoms with Crippen molar-refractivity contribution in [3.8, 4) is 0 Å². The second kappa shape index (κ2) is 8.53. The van der Waals surface area contributed by atoms with Crippen LogP contribution in [0.3, 0.4) is 0 Å². The van der Waals surface area contributed by atoms with Gasteiger partial charge < -0.3 is 24.6 Å². The number of aryl methyl sites for hydroxylation is 1. The summed E-state index contributed by atoms with van der Waals surface area (Å²) in [5, 5.41) is 9.40. The minimum atomic E-state index is -0.524. The maximum Gasteiger partial charge on any atom is 0.410 e. The van der Waals surface area contributed by atoms with E-state index in [1.165, 1.54) is 6.33 Å². The molecule has 0 aromatic carbocycles. The van der Waals surface area contributed by atoms with Crippen LogP contribution in [0.4, 0.5) is 4.79 Å². The van der Waals surface area contributed by atoms with Crippen LogP contribution >= 0.6 is 0 Å². The van der Waals surface area contributed by atoms with Gasteiger partial charge in [0.05, 0.1) is 12.9 Å². The van der Waals surface area contributed by atoms with Gasteiger partial charge in [0.2, 0.25) is 0 Å². The highest BCUT2D eigenvalue weighted by atomic mass is 16.6. The summed E-state index contributed by atoms with van der Waals surface area (Å²) < 4.78 is 5.41. The molecule has 0 unspecified atom stereocenters. The summed E-state index contributed by atoms with van der Waals surface area (Å²) in [5.41, 5.74) is 0.684. The molecule has 0 aliphatic carbocycles. The SMILES string of the molecule is CCc1[nH]cnc1C(=O)N(CCO)C1CCN(C(=O)OC(C)(C)C)CC1. The van der Waals surface area contributed by atoms with Crippen LogP contribution in [0.1, 0.15) is 56.7 Å². The van der Waals surface area contributed by atoms with Crippen LogP contribution in [0.5, 0.6) is 0 Å². The molecule has 2 N–H and O–H groups in total. The Kier molecular flexibility index (Phi) is 6.63. The van der Waals surface area contributed by atoms with Crippen LogP contribution < -0.4 is 0 Å². The Balaban J connectivity index is 2.02. The first-order valence-electron chi connectivity index (χ1n) is 9.18. The van der Waals surface area contributed by atoms with Gasteiger partial charge in [0.25, 0.3) is 5.91 Å². The van der Waals surface area contributed by atoms with Gasteiger partial charge in [-0.15, -0.1) is 0 Å². The minimum absolute atomic E-state index is 0.0326. The van der Waals surface area contributed by atoms with Crippen LogP contribution in [-0.4, -0.2) is 74.8 Å². The summed E-state index contributed by atoms with van der Waals surface area (Å²) >= 11 is 0. The number of hydrogen-bond donors (Lipinski definition) is 2. The Bertz CT molecular complexity index is 615. The van der Waals surface area contributed by atoms with Gasteiger partial charge in [0.15, 0.2) is 0 Å². The predicted octanol–water partition coefficient (Wildman–Crippen LogP) is 1.81. The van der Waals surface area contributed by atoms with Crippen molar-refractivity contribution >= 4 is 12.0 Å². The maximum atomic E-state index is 12.9. The van der Waals surface area contributed by atoms with E-state index in [4.69, 9.17) is 4.74 Å². The van der Waals surface area contributed by atoms with E-state index < -0.39 is 5.60 Å². The zero-order chi connectivity index (χ0) is 19.3. The van der Waals surface area contributed by atoms with Crippen LogP contribution in [0.25, 0.3) is 0 Å². The molecule has 2 amide bonds. The lowest BCUT2D eigenvalue weighted by Gasteiger charge is -2.38. The molecule has 1 aromatic rings. The standard InChI is InChI=1S/C18H30N4O4/c1-5-14-15(20-12-19-14)16(24)22(10-11-23)13-6-8-21(9-7-13)17(25)26-18(2,3)4/h12-13,23H,5-11H2,1-4H3,(H,19,20). The fourth-order valence-corrected chi connectivity index (χ4v) is 3.16. The lowest BCUT2D eigenvalue weighted by molar-refractivity contribution is 0.0136. The molecule has 1 aliphatic rings. The van der Waals surface area contributed by atoms with E-state index in [-0.39, 0.29) is 31.2 Å². The van der Waals surface area contributed by atoms with E-state index in [0.29, 0.717) is 38.0 Å². The van der Waals surface area contributed by atoms with Gasteiger partial charge in [-0.1, -0.05) is 6.92 Å². The third-order valence-corrected chi connectivity index (χ3v) is 4.43. The highest BCUT2D eigenvalue weighted by Gasteiger charge is 2.32. The van der Waals surface area contributed by atoms with Gasteiger partial charge in [0.1, 0.15) is 11.3 Å². The summed E-state index contributed by atoms with van der Waals surface area (Å²) in [5.74, 6) is -0.173. The number of aromatic amines is 1. The fraction of sp³-hybridized carbons (Fsp3) is 0.722. The number of aromatic nitrogens is 2. The Hall–Kier alpha value is -2.09. The lowest BCUT2D eigenvalue weighted by Crippen LogP contribution is -2.50. The van der Waals surface area contributed by atoms with Gasteiger partial charge in [-0.2, -0.15) is 0 Å². The van der Waals surface area contributed by atoms with E-state index in [1.54, 1.807) is 9.80 Å². The highest BCUT2D eigenvalue weighted by molar-refractivity contribution is 5.93. The van der Waals surface area contributed by atoms with Gasteiger partial charge in [-0.25, -0.2) is 9.78 Å². The van der Waals surface area contributed by atoms with Gasteiger partial charge in [-0.3, -0.25) is 4.79 Å². The predicted molar refractivity (Wildman–Crippen MR) is 96.9 cm³/mol. The molecule has 26 heavy (non-hydrogen) atoms. The number of likely N-dealkylation sites (tertiary alicyclic amines) is 1. The molecule has 1 aliphatic heterocycles. The monoisotopic (exact) mass is 366 g/mol. The van der Waals surface area contributed by atoms with Crippen LogP contribution in [-0.2, 0) is 11.2 Å². The number of piperidine rings is 1. The smallest absolute Gasteiger partial charge is 0.410 e. The Labute approximate surface area is 154 Å². The first kappa shape index (κ1) is 20.2. The molecule has 1 aromatic heterocycles. The Morgan fingerprint density at radius 3 is 2.58 bits per heavy atom. The normalized spacial score (nSPS) is 15.8. The summed E-state index contributed by atoms with van der Waals surface area (Å²) in [4.78, 5) is 35.6. The van der Waals surface area contributed by atoms with E-state index >= 15 is 0 Å². The highest BCUT2D eigenvalue weighted by Crippen LogP contribution is 2.21. The maximum absolute atomic E-state index is 12.9. The summed E-state index contributed by atoms with van der Waals surface area (Å²) in [6, 6.07) is -0.0326. The molecule has 1 saturated heterocycles. The quantitative estimate of drug-likeness (QED) is 0.828. The molecule has 0 radical (unpaired) electrons. The molecule has 1 fully saturated rings. The topological polar surface area (TPSA) is 98.8 Å². The molecule has 2 rings (SSSR count). The van der Waals surface area contributed by atoms with Gasteiger partial charge >= 0.3 is 6.09 Å². The lowest BCUT2D eigenvalue weighted by atomic mass is 10.0. The van der Waals surface area contributed by atoms with Crippen molar-refractivity contribution < 1.29 is 19.4 Å². The van der Waals surface area contributed by atoms with Crippen LogP contribution in [0.2, 0.25) is 0 Å². The number of rotatable bonds is 5. The second-order valence-corrected chi connectivity index (χ2v) is 7.50. The Morgan fingerprint density at radius 1 is 1.38 bits per heavy atom. The van der Waals surface area contributed by atoms with E-state index in [9.17, 15) is 14.7 Å². The number of nitrogens with one attached hydrogen (secondary N) is 1. The van der Waals surface area contributed by atoms with Crippen molar-refractivity contribution in [1.82, 2.24) is 19.8 Å². The summed E-state index contributed by atoms with van der Waals surface area (Å²) in [6.45, 7) is 8.68. The zero-order valence-corrected chi connectivity index (χ0v) is 16.1. The largest absolute Gasteiger partial charge is 0.444 e. The number of H-pyrrole nitrogens is 1. The molecular formula is C18H30N4O4. The molecular weight excluding hydrogens is 336 g/mol. The number of aliphatic hydroxyl groups is 1. The van der Waals surface area contributed by atoms with E-state index in [1.807, 2.05) is 27.7 Å². The first-order chi connectivity index (χ1) is 12.3. The van der Waals surface area contributed by atoms with Gasteiger partial charge in [-0.05, 0) is 40.0 Å². The molecule has 0 bridgehead atoms. The van der Waals surface area contributed by atoms with E-state index in [2.05, 4.69) is 9.97 Å². The molecule has 0 saturated carbocycles. The first-order valence-corrected chi connectivity index (χ1v) is 9.18. The van der Waals surface area contributed by atoms with Crippen LogP contribution in [0, 0.1) is 0 Å². The molecule has 146 valence electrons. The third-order valence-electron chi connectivity index (χ3n) is 4.43. The van der Waals surface area contributed by atoms with Crippen molar-refractivity contribution in [2.45, 2.75) is 58.6 Å². The molecule has 8 nitrogen and oxygen atoms in total. The third kappa shape index (κ3) is 4.97. The van der Waals surface area contributed by atoms with Crippen molar-refractivity contribution in [2.24, 2.45) is 0 Å². The summed E-state index contributed by atoms with van der Waals surface area (Å²) in [6.07, 6.45) is 3.18. The summed E-state index contributed by atoms with van der Waals surface area (Å²) in [7, 11) is 0. The van der Waals surface area contributed by atoms with Crippen LogP contribution in [0.15, 0.2) is 6.33 Å². The average Bonchev–Trinajstić information content (AvgIpc) is 3.06. The number of amides is 2. The average molecular weight is 366 g/mol. The van der Waals surface area contributed by atoms with Crippen molar-refractivity contribution in [2.75, 3.05) is 26.2 Å². The van der Waals surface area contributed by atoms with Crippen molar-refractivity contribution in [3.63, 3.8) is 0 Å². The Morgan fingerprint density at radius 2 is 2.04 bits per heavy atom. The number of imidazole rings is 1. The van der Waals surface area contributed by atoms with E-state index in [0.717, 1.165) is 5.69 Å². The number of ether oxygens (including phenoxy) is 1. The number of nitrogens with zero attached hydrogens (tertiary/aromatic N) is 3. The zero-order valence-electron chi connectivity index (χ0n) is 16.1. The number of carbonyl (C=O) groups is 2. The molecule has 2 heterocycles. The molecule has 0 spiro atoms. The van der Waals surface area contributed by atoms with Gasteiger partial charge in [0, 0.05) is 31.4 Å². The van der Waals surface area contributed by atoms with Crippen molar-refractivity contribution in [3.05, 3.63) is 17.7 Å². The number of carbonyl (C=O) groups excluding carboxylic acids is 2. The van der Waals surface area contributed by atoms with Crippen molar-refractivity contribution in [1.29, 1.82) is 0 Å².